The molecule has 18 heavy (non-hydrogen) atoms. The molecule has 0 amide bonds. The van der Waals surface area contributed by atoms with Gasteiger partial charge in [-0.15, -0.1) is 11.3 Å². The van der Waals surface area contributed by atoms with Gasteiger partial charge in [0.05, 0.1) is 19.7 Å². The second kappa shape index (κ2) is 4.10. The van der Waals surface area contributed by atoms with Gasteiger partial charge in [0.25, 0.3) is 0 Å². The van der Waals surface area contributed by atoms with E-state index in [0.717, 1.165) is 31.2 Å². The summed E-state index contributed by atoms with van der Waals surface area (Å²) in [7, 11) is 2.02. The Bertz CT molecular complexity index is 723. The first-order chi connectivity index (χ1) is 8.56. The second-order valence-electron chi connectivity index (χ2n) is 4.31. The Morgan fingerprint density at radius 1 is 1.33 bits per heavy atom. The number of anilines is 1. The van der Waals surface area contributed by atoms with E-state index in [2.05, 4.69) is 38.5 Å². The number of hydrogen-bond acceptors (Lipinski definition) is 3. The molecule has 0 atom stereocenters. The number of nitrogen functional groups attached to an aromatic ring is 1. The van der Waals surface area contributed by atoms with Gasteiger partial charge in [-0.1, -0.05) is 0 Å². The fraction of sp³-hybridized carbons (Fsp3) is 0.154. The van der Waals surface area contributed by atoms with Gasteiger partial charge < -0.3 is 10.3 Å². The van der Waals surface area contributed by atoms with E-state index >= 15 is 0 Å². The van der Waals surface area contributed by atoms with Crippen molar-refractivity contribution in [3.8, 4) is 10.7 Å². The quantitative estimate of drug-likeness (QED) is 0.689. The zero-order valence-corrected chi connectivity index (χ0v) is 12.5. The van der Waals surface area contributed by atoms with Gasteiger partial charge in [0.1, 0.15) is 0 Å². The van der Waals surface area contributed by atoms with Crippen molar-refractivity contribution in [1.82, 2.24) is 9.55 Å². The van der Waals surface area contributed by atoms with E-state index in [1.165, 1.54) is 5.56 Å². The highest BCUT2D eigenvalue weighted by atomic mass is 79.9. The average Bonchev–Trinajstić information content (AvgIpc) is 2.82. The second-order valence-corrected chi connectivity index (χ2v) is 6.68. The van der Waals surface area contributed by atoms with Crippen molar-refractivity contribution in [3.63, 3.8) is 0 Å². The SMILES string of the molecule is Cc1cc(-c2nc3ccc(N)cc3n2C)sc1Br. The molecule has 0 saturated carbocycles. The number of halogens is 1. The number of thiophene rings is 1. The van der Waals surface area contributed by atoms with Crippen LogP contribution in [0.2, 0.25) is 0 Å². The monoisotopic (exact) mass is 321 g/mol. The number of rotatable bonds is 1. The molecule has 0 aliphatic heterocycles. The van der Waals surface area contributed by atoms with Crippen LogP contribution in [0.1, 0.15) is 5.56 Å². The zero-order valence-electron chi connectivity index (χ0n) is 10.1. The Kier molecular flexibility index (Phi) is 2.68. The Balaban J connectivity index is 2.26. The number of nitrogens with two attached hydrogens (primary N) is 1. The lowest BCUT2D eigenvalue weighted by molar-refractivity contribution is 0.963. The van der Waals surface area contributed by atoms with E-state index in [-0.39, 0.29) is 0 Å². The number of benzene rings is 1. The highest BCUT2D eigenvalue weighted by molar-refractivity contribution is 9.11. The molecule has 5 heteroatoms. The molecule has 3 rings (SSSR count). The summed E-state index contributed by atoms with van der Waals surface area (Å²) in [5, 5.41) is 0. The molecule has 0 fully saturated rings. The third kappa shape index (κ3) is 1.74. The summed E-state index contributed by atoms with van der Waals surface area (Å²) in [6, 6.07) is 7.96. The van der Waals surface area contributed by atoms with Crippen molar-refractivity contribution < 1.29 is 0 Å². The van der Waals surface area contributed by atoms with Crippen molar-refractivity contribution in [2.75, 3.05) is 5.73 Å². The standard InChI is InChI=1S/C13H12BrN3S/c1-7-5-11(18-12(7)14)13-16-9-4-3-8(15)6-10(9)17(13)2/h3-6H,15H2,1-2H3. The molecule has 0 bridgehead atoms. The summed E-state index contributed by atoms with van der Waals surface area (Å²) in [5.41, 5.74) is 9.86. The molecule has 2 aromatic heterocycles. The largest absolute Gasteiger partial charge is 0.399 e. The normalized spacial score (nSPS) is 11.3. The van der Waals surface area contributed by atoms with Gasteiger partial charge in [0, 0.05) is 12.7 Å². The van der Waals surface area contributed by atoms with Crippen molar-refractivity contribution in [2.24, 2.45) is 7.05 Å². The predicted molar refractivity (Wildman–Crippen MR) is 80.9 cm³/mol. The van der Waals surface area contributed by atoms with Gasteiger partial charge in [-0.3, -0.25) is 0 Å². The third-order valence-electron chi connectivity index (χ3n) is 2.98. The van der Waals surface area contributed by atoms with Gasteiger partial charge in [-0.05, 0) is 52.7 Å². The van der Waals surface area contributed by atoms with Crippen molar-refractivity contribution >= 4 is 44.0 Å². The van der Waals surface area contributed by atoms with Gasteiger partial charge in [-0.2, -0.15) is 0 Å². The first-order valence-corrected chi connectivity index (χ1v) is 7.15. The van der Waals surface area contributed by atoms with Crippen LogP contribution in [0, 0.1) is 6.92 Å². The van der Waals surface area contributed by atoms with Crippen molar-refractivity contribution in [1.29, 1.82) is 0 Å². The lowest BCUT2D eigenvalue weighted by atomic mass is 10.3. The lowest BCUT2D eigenvalue weighted by Gasteiger charge is -1.99. The summed E-state index contributed by atoms with van der Waals surface area (Å²) >= 11 is 5.26. The number of fused-ring (bicyclic) bond motifs is 1. The van der Waals surface area contributed by atoms with Crippen molar-refractivity contribution in [3.05, 3.63) is 33.6 Å². The maximum atomic E-state index is 5.82. The van der Waals surface area contributed by atoms with Crippen LogP contribution in [0.3, 0.4) is 0 Å². The van der Waals surface area contributed by atoms with Crippen LogP contribution in [-0.2, 0) is 7.05 Å². The minimum atomic E-state index is 0.764. The van der Waals surface area contributed by atoms with E-state index in [4.69, 9.17) is 5.73 Å². The molecule has 1 aromatic carbocycles. The minimum absolute atomic E-state index is 0.764. The number of hydrogen-bond donors (Lipinski definition) is 1. The molecule has 2 N–H and O–H groups in total. The molecule has 92 valence electrons. The molecule has 3 nitrogen and oxygen atoms in total. The number of imidazole rings is 1. The smallest absolute Gasteiger partial charge is 0.151 e. The van der Waals surface area contributed by atoms with Crippen LogP contribution in [0.5, 0.6) is 0 Å². The fourth-order valence-corrected chi connectivity index (χ4v) is 3.56. The molecule has 0 spiro atoms. The zero-order chi connectivity index (χ0) is 12.9. The van der Waals surface area contributed by atoms with E-state index in [1.807, 2.05) is 25.2 Å². The van der Waals surface area contributed by atoms with Crippen LogP contribution in [-0.4, -0.2) is 9.55 Å². The molecule has 0 radical (unpaired) electrons. The first kappa shape index (κ1) is 11.7. The third-order valence-corrected chi connectivity index (χ3v) is 5.12. The van der Waals surface area contributed by atoms with Gasteiger partial charge in [0.2, 0.25) is 0 Å². The lowest BCUT2D eigenvalue weighted by Crippen LogP contribution is -1.91. The van der Waals surface area contributed by atoms with Gasteiger partial charge in [-0.25, -0.2) is 4.98 Å². The first-order valence-electron chi connectivity index (χ1n) is 5.54. The minimum Gasteiger partial charge on any atom is -0.399 e. The maximum absolute atomic E-state index is 5.82. The summed E-state index contributed by atoms with van der Waals surface area (Å²) in [6.45, 7) is 2.09. The molecule has 3 aromatic rings. The average molecular weight is 322 g/mol. The maximum Gasteiger partial charge on any atom is 0.151 e. The number of aromatic nitrogens is 2. The summed E-state index contributed by atoms with van der Waals surface area (Å²) in [5.74, 6) is 0.981. The van der Waals surface area contributed by atoms with Crippen molar-refractivity contribution in [2.45, 2.75) is 6.92 Å². The van der Waals surface area contributed by atoms with Gasteiger partial charge >= 0.3 is 0 Å². The molecule has 0 saturated heterocycles. The van der Waals surface area contributed by atoms with Crippen LogP contribution in [0.15, 0.2) is 28.1 Å². The Hall–Kier alpha value is -1.33. The van der Waals surface area contributed by atoms with E-state index in [1.54, 1.807) is 11.3 Å². The summed E-state index contributed by atoms with van der Waals surface area (Å²) in [6.07, 6.45) is 0. The fourth-order valence-electron chi connectivity index (χ4n) is 2.00. The summed E-state index contributed by atoms with van der Waals surface area (Å²) in [4.78, 5) is 5.84. The van der Waals surface area contributed by atoms with Crippen LogP contribution in [0.25, 0.3) is 21.7 Å². The topological polar surface area (TPSA) is 43.8 Å². The van der Waals surface area contributed by atoms with E-state index < -0.39 is 0 Å². The molecule has 2 heterocycles. The molecule has 0 aliphatic rings. The van der Waals surface area contributed by atoms with Crippen LogP contribution < -0.4 is 5.73 Å². The molecule has 0 aliphatic carbocycles. The highest BCUT2D eigenvalue weighted by Crippen LogP contribution is 2.35. The Morgan fingerprint density at radius 3 is 2.78 bits per heavy atom. The predicted octanol–water partition coefficient (Wildman–Crippen LogP) is 3.95. The Labute approximate surface area is 117 Å². The van der Waals surface area contributed by atoms with E-state index in [0.29, 0.717) is 0 Å². The van der Waals surface area contributed by atoms with Crippen LogP contribution in [0.4, 0.5) is 5.69 Å². The highest BCUT2D eigenvalue weighted by Gasteiger charge is 2.13. The number of aryl methyl sites for hydroxylation is 2. The van der Waals surface area contributed by atoms with E-state index in [9.17, 15) is 0 Å². The molecular formula is C13H12BrN3S. The number of nitrogens with zero attached hydrogens (tertiary/aromatic N) is 2. The molecular weight excluding hydrogens is 310 g/mol. The summed E-state index contributed by atoms with van der Waals surface area (Å²) < 4.78 is 3.24. The van der Waals surface area contributed by atoms with Crippen LogP contribution >= 0.6 is 27.3 Å². The Morgan fingerprint density at radius 2 is 2.11 bits per heavy atom. The van der Waals surface area contributed by atoms with Gasteiger partial charge in [0.15, 0.2) is 5.82 Å². The molecule has 0 unspecified atom stereocenters.